The summed E-state index contributed by atoms with van der Waals surface area (Å²) in [5.74, 6) is 1.97. The molecule has 1 unspecified atom stereocenters. The highest BCUT2D eigenvalue weighted by molar-refractivity contribution is 5.70. The van der Waals surface area contributed by atoms with Crippen LogP contribution < -0.4 is 4.74 Å². The lowest BCUT2D eigenvalue weighted by Crippen LogP contribution is -2.04. The van der Waals surface area contributed by atoms with Crippen molar-refractivity contribution in [2.24, 2.45) is 0 Å². The Kier molecular flexibility index (Phi) is 4.06. The van der Waals surface area contributed by atoms with Crippen LogP contribution in [0.5, 0.6) is 5.75 Å². The number of hydrogen-bond donors (Lipinski definition) is 0. The first kappa shape index (κ1) is 13.9. The maximum atomic E-state index is 5.77. The van der Waals surface area contributed by atoms with E-state index >= 15 is 0 Å². The van der Waals surface area contributed by atoms with E-state index in [1.165, 1.54) is 0 Å². The summed E-state index contributed by atoms with van der Waals surface area (Å²) in [5.41, 5.74) is 1.98. The molecular formula is C17H19NO3. The summed E-state index contributed by atoms with van der Waals surface area (Å²) in [6, 6.07) is 9.88. The van der Waals surface area contributed by atoms with Gasteiger partial charge in [-0.15, -0.1) is 0 Å². The van der Waals surface area contributed by atoms with Gasteiger partial charge in [-0.25, -0.2) is 0 Å². The lowest BCUT2D eigenvalue weighted by atomic mass is 10.1. The van der Waals surface area contributed by atoms with Gasteiger partial charge in [-0.3, -0.25) is 0 Å². The highest BCUT2D eigenvalue weighted by Crippen LogP contribution is 2.23. The Morgan fingerprint density at radius 2 is 2.14 bits per heavy atom. The van der Waals surface area contributed by atoms with Crippen molar-refractivity contribution in [1.82, 2.24) is 5.16 Å². The molecule has 1 aliphatic rings. The van der Waals surface area contributed by atoms with Crippen LogP contribution in [-0.4, -0.2) is 24.5 Å². The van der Waals surface area contributed by atoms with Gasteiger partial charge in [0.15, 0.2) is 5.76 Å². The number of aromatic nitrogens is 1. The van der Waals surface area contributed by atoms with E-state index in [1.54, 1.807) is 0 Å². The molecule has 0 saturated carbocycles. The fourth-order valence-electron chi connectivity index (χ4n) is 1.92. The van der Waals surface area contributed by atoms with Crippen LogP contribution in [-0.2, 0) is 4.74 Å². The molecule has 0 spiro atoms. The average Bonchev–Trinajstić information content (AvgIpc) is 3.19. The summed E-state index contributed by atoms with van der Waals surface area (Å²) >= 11 is 0. The van der Waals surface area contributed by atoms with E-state index in [9.17, 15) is 0 Å². The van der Waals surface area contributed by atoms with Gasteiger partial charge in [-0.2, -0.15) is 0 Å². The van der Waals surface area contributed by atoms with Gasteiger partial charge in [-0.05, 0) is 24.1 Å². The first-order valence-corrected chi connectivity index (χ1v) is 7.20. The molecule has 0 bridgehead atoms. The summed E-state index contributed by atoms with van der Waals surface area (Å²) < 4.78 is 16.2. The molecule has 1 fully saturated rings. The van der Waals surface area contributed by atoms with E-state index in [0.717, 1.165) is 29.4 Å². The zero-order valence-electron chi connectivity index (χ0n) is 12.3. The Bertz CT molecular complexity index is 626. The summed E-state index contributed by atoms with van der Waals surface area (Å²) in [7, 11) is 0. The van der Waals surface area contributed by atoms with E-state index in [4.69, 9.17) is 14.0 Å². The third kappa shape index (κ3) is 3.73. The Balaban J connectivity index is 1.71. The highest BCUT2D eigenvalue weighted by Gasteiger charge is 2.23. The quantitative estimate of drug-likeness (QED) is 0.758. The van der Waals surface area contributed by atoms with E-state index in [0.29, 0.717) is 12.5 Å². The number of nitrogens with zero attached hydrogens (tertiary/aromatic N) is 1. The minimum atomic E-state index is 0.255. The summed E-state index contributed by atoms with van der Waals surface area (Å²) in [6.45, 7) is 5.58. The van der Waals surface area contributed by atoms with Gasteiger partial charge in [0.05, 0.1) is 12.3 Å². The van der Waals surface area contributed by atoms with E-state index in [2.05, 4.69) is 19.0 Å². The van der Waals surface area contributed by atoms with Crippen LogP contribution in [0.2, 0.25) is 0 Å². The minimum absolute atomic E-state index is 0.255. The Hall–Kier alpha value is -2.07. The first-order valence-electron chi connectivity index (χ1n) is 7.20. The molecule has 4 nitrogen and oxygen atoms in total. The summed E-state index contributed by atoms with van der Waals surface area (Å²) in [6.07, 6.45) is 4.15. The van der Waals surface area contributed by atoms with Crippen LogP contribution in [0.1, 0.15) is 36.8 Å². The van der Waals surface area contributed by atoms with E-state index in [-0.39, 0.29) is 6.10 Å². The number of benzene rings is 1. The second-order valence-corrected chi connectivity index (χ2v) is 5.45. The maximum Gasteiger partial charge on any atom is 0.159 e. The van der Waals surface area contributed by atoms with E-state index in [1.807, 2.05) is 42.5 Å². The number of para-hydroxylation sites is 1. The molecule has 0 aliphatic carbocycles. The van der Waals surface area contributed by atoms with Crippen molar-refractivity contribution in [3.05, 3.63) is 47.3 Å². The van der Waals surface area contributed by atoms with Crippen molar-refractivity contribution in [2.75, 3.05) is 13.2 Å². The lowest BCUT2D eigenvalue weighted by molar-refractivity contribution is 0.262. The highest BCUT2D eigenvalue weighted by atomic mass is 16.6. The molecule has 0 N–H and O–H groups in total. The number of epoxide rings is 1. The summed E-state index contributed by atoms with van der Waals surface area (Å²) in [5, 5.41) is 4.04. The number of hydrogen-bond acceptors (Lipinski definition) is 4. The third-order valence-corrected chi connectivity index (χ3v) is 3.31. The molecule has 2 aromatic rings. The third-order valence-electron chi connectivity index (χ3n) is 3.31. The fraction of sp³-hybridized carbons (Fsp3) is 0.353. The van der Waals surface area contributed by atoms with Gasteiger partial charge < -0.3 is 14.0 Å². The maximum absolute atomic E-state index is 5.77. The molecule has 4 heteroatoms. The molecule has 1 atom stereocenters. The molecular weight excluding hydrogens is 266 g/mol. The zero-order chi connectivity index (χ0) is 14.7. The fourth-order valence-corrected chi connectivity index (χ4v) is 1.92. The van der Waals surface area contributed by atoms with Crippen LogP contribution in [0.3, 0.4) is 0 Å². The smallest absolute Gasteiger partial charge is 0.159 e. The molecule has 21 heavy (non-hydrogen) atoms. The van der Waals surface area contributed by atoms with Crippen LogP contribution in [0, 0.1) is 0 Å². The molecule has 1 aromatic heterocycles. The number of rotatable bonds is 6. The molecule has 3 rings (SSSR count). The van der Waals surface area contributed by atoms with Crippen LogP contribution >= 0.6 is 0 Å². The molecule has 0 radical (unpaired) electrons. The Morgan fingerprint density at radius 3 is 2.86 bits per heavy atom. The van der Waals surface area contributed by atoms with E-state index < -0.39 is 0 Å². The van der Waals surface area contributed by atoms with Crippen molar-refractivity contribution in [2.45, 2.75) is 25.9 Å². The SMILES string of the molecule is CC(C)c1cc(/C=C/c2ccccc2OCC2CO2)on1. The van der Waals surface area contributed by atoms with Crippen LogP contribution in [0.25, 0.3) is 12.2 Å². The number of ether oxygens (including phenoxy) is 2. The van der Waals surface area contributed by atoms with Crippen molar-refractivity contribution in [3.63, 3.8) is 0 Å². The molecule has 0 amide bonds. The molecule has 1 saturated heterocycles. The van der Waals surface area contributed by atoms with Gasteiger partial charge in [-0.1, -0.05) is 37.2 Å². The average molecular weight is 285 g/mol. The van der Waals surface area contributed by atoms with Gasteiger partial charge >= 0.3 is 0 Å². The monoisotopic (exact) mass is 285 g/mol. The van der Waals surface area contributed by atoms with Gasteiger partial charge in [0, 0.05) is 11.6 Å². The van der Waals surface area contributed by atoms with Crippen molar-refractivity contribution in [3.8, 4) is 5.75 Å². The van der Waals surface area contributed by atoms with Crippen molar-refractivity contribution >= 4 is 12.2 Å². The van der Waals surface area contributed by atoms with Gasteiger partial charge in [0.1, 0.15) is 18.5 Å². The molecule has 110 valence electrons. The standard InChI is InChI=1S/C17H19NO3/c1-12(2)16-9-14(21-18-16)8-7-13-5-3-4-6-17(13)20-11-15-10-19-15/h3-9,12,15H,10-11H2,1-2H3/b8-7+. The summed E-state index contributed by atoms with van der Waals surface area (Å²) in [4.78, 5) is 0. The Labute approximate surface area is 124 Å². The topological polar surface area (TPSA) is 47.8 Å². The molecule has 1 aromatic carbocycles. The van der Waals surface area contributed by atoms with Gasteiger partial charge in [0.25, 0.3) is 0 Å². The molecule has 1 aliphatic heterocycles. The van der Waals surface area contributed by atoms with Crippen molar-refractivity contribution in [1.29, 1.82) is 0 Å². The minimum Gasteiger partial charge on any atom is -0.490 e. The second kappa shape index (κ2) is 6.14. The van der Waals surface area contributed by atoms with Gasteiger partial charge in [0.2, 0.25) is 0 Å². The largest absolute Gasteiger partial charge is 0.490 e. The predicted molar refractivity (Wildman–Crippen MR) is 81.2 cm³/mol. The Morgan fingerprint density at radius 1 is 1.33 bits per heavy atom. The van der Waals surface area contributed by atoms with Crippen LogP contribution in [0.4, 0.5) is 0 Å². The molecule has 2 heterocycles. The lowest BCUT2D eigenvalue weighted by Gasteiger charge is -2.07. The zero-order valence-corrected chi connectivity index (χ0v) is 12.3. The van der Waals surface area contributed by atoms with Crippen LogP contribution in [0.15, 0.2) is 34.9 Å². The normalized spacial score (nSPS) is 17.6. The first-order chi connectivity index (χ1) is 10.2. The second-order valence-electron chi connectivity index (χ2n) is 5.45. The predicted octanol–water partition coefficient (Wildman–Crippen LogP) is 3.75. The van der Waals surface area contributed by atoms with Crippen molar-refractivity contribution < 1.29 is 14.0 Å².